The number of hydrogen-bond acceptors (Lipinski definition) is 6. The number of nitrogens with zero attached hydrogens (tertiary/aromatic N) is 3. The molecular formula is C17H23N3O3. The lowest BCUT2D eigenvalue weighted by molar-refractivity contribution is -0.119. The molecule has 124 valence electrons. The molecule has 6 nitrogen and oxygen atoms in total. The average Bonchev–Trinajstić information content (AvgIpc) is 2.56. The van der Waals surface area contributed by atoms with Crippen molar-refractivity contribution in [1.29, 1.82) is 0 Å². The average molecular weight is 317 g/mol. The standard InChI is InChI=1S/C17H23N3O3/c1-22-14-11-15(12-14)23-13-5-8-20(9-6-13)17-4-7-18-16(19-17)3-2-10-21/h4,7,13-15,21H,5-6,8-12H2,1H3. The maximum Gasteiger partial charge on any atom is 0.206 e. The van der Waals surface area contributed by atoms with Gasteiger partial charge in [-0.3, -0.25) is 0 Å². The van der Waals surface area contributed by atoms with Crippen LogP contribution in [0.5, 0.6) is 0 Å². The van der Waals surface area contributed by atoms with E-state index in [0.717, 1.165) is 44.6 Å². The molecule has 3 rings (SSSR count). The van der Waals surface area contributed by atoms with Gasteiger partial charge >= 0.3 is 0 Å². The van der Waals surface area contributed by atoms with Gasteiger partial charge in [-0.15, -0.1) is 0 Å². The zero-order valence-corrected chi connectivity index (χ0v) is 13.4. The van der Waals surface area contributed by atoms with E-state index >= 15 is 0 Å². The Morgan fingerprint density at radius 1 is 1.26 bits per heavy atom. The van der Waals surface area contributed by atoms with Crippen LogP contribution in [0, 0.1) is 11.8 Å². The van der Waals surface area contributed by atoms with E-state index in [9.17, 15) is 0 Å². The van der Waals surface area contributed by atoms with Crippen LogP contribution < -0.4 is 4.90 Å². The van der Waals surface area contributed by atoms with Gasteiger partial charge in [0.1, 0.15) is 12.4 Å². The molecule has 2 heterocycles. The van der Waals surface area contributed by atoms with Crippen molar-refractivity contribution in [2.24, 2.45) is 0 Å². The first-order valence-electron chi connectivity index (χ1n) is 8.14. The molecular weight excluding hydrogens is 294 g/mol. The third-order valence-corrected chi connectivity index (χ3v) is 4.46. The lowest BCUT2D eigenvalue weighted by Crippen LogP contribution is -2.43. The van der Waals surface area contributed by atoms with E-state index in [4.69, 9.17) is 14.6 Å². The molecule has 23 heavy (non-hydrogen) atoms. The van der Waals surface area contributed by atoms with Gasteiger partial charge in [0.25, 0.3) is 0 Å². The molecule has 1 aromatic rings. The van der Waals surface area contributed by atoms with Gasteiger partial charge in [0.05, 0.1) is 18.3 Å². The van der Waals surface area contributed by atoms with Gasteiger partial charge in [-0.2, -0.15) is 0 Å². The first-order valence-corrected chi connectivity index (χ1v) is 8.14. The van der Waals surface area contributed by atoms with Gasteiger partial charge in [-0.25, -0.2) is 9.97 Å². The van der Waals surface area contributed by atoms with Crippen LogP contribution in [-0.2, 0) is 9.47 Å². The van der Waals surface area contributed by atoms with Gasteiger partial charge in [0.2, 0.25) is 5.82 Å². The van der Waals surface area contributed by atoms with Gasteiger partial charge in [-0.05, 0) is 37.7 Å². The number of methoxy groups -OCH3 is 1. The molecule has 1 saturated heterocycles. The van der Waals surface area contributed by atoms with Crippen molar-refractivity contribution in [3.8, 4) is 11.8 Å². The second-order valence-corrected chi connectivity index (χ2v) is 5.97. The van der Waals surface area contributed by atoms with E-state index in [0.29, 0.717) is 24.1 Å². The molecule has 1 saturated carbocycles. The van der Waals surface area contributed by atoms with E-state index in [1.54, 1.807) is 13.3 Å². The topological polar surface area (TPSA) is 67.7 Å². The lowest BCUT2D eigenvalue weighted by atomic mass is 9.91. The van der Waals surface area contributed by atoms with E-state index in [1.807, 2.05) is 6.07 Å². The Hall–Kier alpha value is -1.68. The summed E-state index contributed by atoms with van der Waals surface area (Å²) in [4.78, 5) is 10.8. The zero-order valence-electron chi connectivity index (χ0n) is 13.4. The van der Waals surface area contributed by atoms with Crippen LogP contribution in [0.2, 0.25) is 0 Å². The Balaban J connectivity index is 1.49. The summed E-state index contributed by atoms with van der Waals surface area (Å²) in [6.07, 6.45) is 6.88. The summed E-state index contributed by atoms with van der Waals surface area (Å²) < 4.78 is 11.4. The molecule has 2 fully saturated rings. The molecule has 6 heteroatoms. The molecule has 2 aliphatic rings. The largest absolute Gasteiger partial charge is 0.384 e. The molecule has 1 aliphatic carbocycles. The van der Waals surface area contributed by atoms with Gasteiger partial charge < -0.3 is 19.5 Å². The molecule has 0 bridgehead atoms. The van der Waals surface area contributed by atoms with Crippen molar-refractivity contribution in [2.75, 3.05) is 31.7 Å². The smallest absolute Gasteiger partial charge is 0.206 e. The van der Waals surface area contributed by atoms with Crippen LogP contribution in [-0.4, -0.2) is 60.2 Å². The second kappa shape index (κ2) is 7.73. The highest BCUT2D eigenvalue weighted by molar-refractivity contribution is 5.40. The highest BCUT2D eigenvalue weighted by Gasteiger charge is 2.33. The Kier molecular flexibility index (Phi) is 5.44. The van der Waals surface area contributed by atoms with E-state index in [-0.39, 0.29) is 6.61 Å². The summed E-state index contributed by atoms with van der Waals surface area (Å²) in [5.41, 5.74) is 0. The number of anilines is 1. The Morgan fingerprint density at radius 2 is 2.04 bits per heavy atom. The fourth-order valence-electron chi connectivity index (χ4n) is 3.02. The number of aliphatic hydroxyl groups excluding tert-OH is 1. The van der Waals surface area contributed by atoms with Crippen molar-refractivity contribution < 1.29 is 14.6 Å². The third kappa shape index (κ3) is 4.20. The number of aliphatic hydroxyl groups is 1. The number of ether oxygens (including phenoxy) is 2. The Labute approximate surface area is 136 Å². The number of aromatic nitrogens is 2. The van der Waals surface area contributed by atoms with Gasteiger partial charge in [0, 0.05) is 26.4 Å². The highest BCUT2D eigenvalue weighted by Crippen LogP contribution is 2.29. The van der Waals surface area contributed by atoms with Crippen molar-refractivity contribution in [2.45, 2.75) is 44.0 Å². The first kappa shape index (κ1) is 16.2. The summed E-state index contributed by atoms with van der Waals surface area (Å²) in [6.45, 7) is 1.67. The van der Waals surface area contributed by atoms with Crippen LogP contribution >= 0.6 is 0 Å². The fraction of sp³-hybridized carbons (Fsp3) is 0.647. The minimum absolute atomic E-state index is 0.179. The summed E-state index contributed by atoms with van der Waals surface area (Å²) in [5, 5.41) is 8.74. The maximum atomic E-state index is 8.74. The molecule has 1 aromatic heterocycles. The summed E-state index contributed by atoms with van der Waals surface area (Å²) in [7, 11) is 1.76. The van der Waals surface area contributed by atoms with Crippen LogP contribution in [0.4, 0.5) is 5.82 Å². The third-order valence-electron chi connectivity index (χ3n) is 4.46. The zero-order chi connectivity index (χ0) is 16.1. The molecule has 1 aliphatic heterocycles. The minimum Gasteiger partial charge on any atom is -0.384 e. The van der Waals surface area contributed by atoms with Crippen molar-refractivity contribution in [3.63, 3.8) is 0 Å². The van der Waals surface area contributed by atoms with Gasteiger partial charge in [-0.1, -0.05) is 5.92 Å². The molecule has 0 radical (unpaired) electrons. The Bertz CT molecular complexity index is 570. The fourth-order valence-corrected chi connectivity index (χ4v) is 3.02. The summed E-state index contributed by atoms with van der Waals surface area (Å²) >= 11 is 0. The summed E-state index contributed by atoms with van der Waals surface area (Å²) in [6, 6.07) is 1.90. The normalized spacial score (nSPS) is 24.7. The van der Waals surface area contributed by atoms with E-state index in [1.165, 1.54) is 0 Å². The molecule has 0 amide bonds. The van der Waals surface area contributed by atoms with Crippen LogP contribution in [0.25, 0.3) is 0 Å². The quantitative estimate of drug-likeness (QED) is 0.835. The maximum absolute atomic E-state index is 8.74. The number of rotatable bonds is 4. The summed E-state index contributed by atoms with van der Waals surface area (Å²) in [5.74, 6) is 6.67. The predicted octanol–water partition coefficient (Wildman–Crippen LogP) is 0.983. The van der Waals surface area contributed by atoms with E-state index < -0.39 is 0 Å². The monoisotopic (exact) mass is 317 g/mol. The van der Waals surface area contributed by atoms with Crippen molar-refractivity contribution in [3.05, 3.63) is 18.1 Å². The van der Waals surface area contributed by atoms with Crippen LogP contribution in [0.15, 0.2) is 12.3 Å². The second-order valence-electron chi connectivity index (χ2n) is 5.97. The SMILES string of the molecule is COC1CC(OC2CCN(c3ccnc(C#CCO)n3)CC2)C1. The van der Waals surface area contributed by atoms with E-state index in [2.05, 4.69) is 26.7 Å². The number of piperidine rings is 1. The minimum atomic E-state index is -0.179. The van der Waals surface area contributed by atoms with Crippen LogP contribution in [0.1, 0.15) is 31.5 Å². The van der Waals surface area contributed by atoms with Gasteiger partial charge in [0.15, 0.2) is 0 Å². The first-order chi connectivity index (χ1) is 11.3. The molecule has 1 N–H and O–H groups in total. The molecule has 0 atom stereocenters. The predicted molar refractivity (Wildman–Crippen MR) is 86.1 cm³/mol. The van der Waals surface area contributed by atoms with Crippen molar-refractivity contribution >= 4 is 5.82 Å². The van der Waals surface area contributed by atoms with Crippen molar-refractivity contribution in [1.82, 2.24) is 9.97 Å². The highest BCUT2D eigenvalue weighted by atomic mass is 16.5. The number of hydrogen-bond donors (Lipinski definition) is 1. The molecule has 0 aromatic carbocycles. The Morgan fingerprint density at radius 3 is 2.74 bits per heavy atom. The molecule has 0 spiro atoms. The lowest BCUT2D eigenvalue weighted by Gasteiger charge is -2.39. The van der Waals surface area contributed by atoms with Crippen LogP contribution in [0.3, 0.4) is 0 Å². The molecule has 0 unspecified atom stereocenters.